The summed E-state index contributed by atoms with van der Waals surface area (Å²) in [7, 11) is 0. The summed E-state index contributed by atoms with van der Waals surface area (Å²) in [6, 6.07) is 11.2. The molecule has 0 aliphatic carbocycles. The molecule has 0 saturated heterocycles. The van der Waals surface area contributed by atoms with Crippen molar-refractivity contribution in [2.24, 2.45) is 0 Å². The number of hydrogen-bond acceptors (Lipinski definition) is 7. The fraction of sp³-hybridized carbons (Fsp3) is 0.280. The molecular weight excluding hydrogens is 522 g/mol. The van der Waals surface area contributed by atoms with Crippen molar-refractivity contribution in [1.29, 1.82) is 0 Å². The number of aryl methyl sites for hydroxylation is 2. The number of pyridine rings is 2. The zero-order chi connectivity index (χ0) is 25.7. The first-order valence-corrected chi connectivity index (χ1v) is 11.7. The summed E-state index contributed by atoms with van der Waals surface area (Å²) >= 11 is 9.02. The lowest BCUT2D eigenvalue weighted by Crippen LogP contribution is -2.10. The minimum Gasteiger partial charge on any atom is -0.491 e. The Morgan fingerprint density at radius 3 is 2.32 bits per heavy atom. The number of carbonyl (C=O) groups excluding carboxylic acids is 2. The van der Waals surface area contributed by atoms with Crippen LogP contribution in [0.4, 0.5) is 5.69 Å². The Morgan fingerprint density at radius 1 is 1.18 bits per heavy atom. The number of rotatable bonds is 6. The number of ether oxygens (including phenoxy) is 1. The summed E-state index contributed by atoms with van der Waals surface area (Å²) in [5, 5.41) is 9.35. The van der Waals surface area contributed by atoms with Gasteiger partial charge in [-0.25, -0.2) is 4.98 Å². The monoisotopic (exact) mass is 549 g/mol. The molecule has 0 aliphatic heterocycles. The second-order valence-electron chi connectivity index (χ2n) is 7.33. The predicted octanol–water partition coefficient (Wildman–Crippen LogP) is 6.61. The lowest BCUT2D eigenvalue weighted by atomic mass is 10.1. The molecule has 0 radical (unpaired) electrons. The SMILES string of the molecule is CCC=O.Cc1ccc(OC(C)C)cc1.Cc1ncc(Br)cc1C(=O)c1ncc(Cl)cc1NO. The maximum absolute atomic E-state index is 12.4. The van der Waals surface area contributed by atoms with Crippen LogP contribution in [0.1, 0.15) is 54.5 Å². The largest absolute Gasteiger partial charge is 0.491 e. The Hall–Kier alpha value is -2.81. The van der Waals surface area contributed by atoms with Gasteiger partial charge >= 0.3 is 0 Å². The minimum atomic E-state index is -0.348. The van der Waals surface area contributed by atoms with Crippen molar-refractivity contribution in [2.75, 3.05) is 5.48 Å². The molecule has 9 heteroatoms. The van der Waals surface area contributed by atoms with Crippen LogP contribution in [0.25, 0.3) is 0 Å². The zero-order valence-corrected chi connectivity index (χ0v) is 22.1. The summed E-state index contributed by atoms with van der Waals surface area (Å²) < 4.78 is 6.16. The third-order valence-corrected chi connectivity index (χ3v) is 4.69. The lowest BCUT2D eigenvalue weighted by molar-refractivity contribution is -0.107. The van der Waals surface area contributed by atoms with E-state index in [1.165, 1.54) is 17.8 Å². The molecule has 0 spiro atoms. The second kappa shape index (κ2) is 15.2. The number of carbonyl (C=O) groups is 2. The van der Waals surface area contributed by atoms with Crippen LogP contribution >= 0.6 is 27.5 Å². The van der Waals surface area contributed by atoms with Gasteiger partial charge in [-0.3, -0.25) is 20.5 Å². The van der Waals surface area contributed by atoms with Crippen molar-refractivity contribution in [2.45, 2.75) is 47.1 Å². The van der Waals surface area contributed by atoms with Crippen molar-refractivity contribution in [1.82, 2.24) is 9.97 Å². The third-order valence-electron chi connectivity index (χ3n) is 4.05. The first kappa shape index (κ1) is 29.2. The predicted molar refractivity (Wildman–Crippen MR) is 138 cm³/mol. The number of anilines is 1. The first-order chi connectivity index (χ1) is 16.1. The summed E-state index contributed by atoms with van der Waals surface area (Å²) in [6.45, 7) is 9.66. The molecular formula is C25H29BrClN3O4. The molecule has 34 heavy (non-hydrogen) atoms. The lowest BCUT2D eigenvalue weighted by Gasteiger charge is -2.08. The quantitative estimate of drug-likeness (QED) is 0.202. The molecule has 0 unspecified atom stereocenters. The van der Waals surface area contributed by atoms with Gasteiger partial charge in [-0.1, -0.05) is 36.2 Å². The Kier molecular flexibility index (Phi) is 13.0. The number of nitrogens with zero attached hydrogens (tertiary/aromatic N) is 2. The number of hydrogen-bond donors (Lipinski definition) is 2. The van der Waals surface area contributed by atoms with Crippen LogP contribution in [0.15, 0.2) is 53.3 Å². The van der Waals surface area contributed by atoms with E-state index in [4.69, 9.17) is 21.5 Å². The van der Waals surface area contributed by atoms with Crippen LogP contribution in [0.2, 0.25) is 5.02 Å². The molecule has 1 aromatic carbocycles. The fourth-order valence-electron chi connectivity index (χ4n) is 2.46. The average molecular weight is 551 g/mol. The highest BCUT2D eigenvalue weighted by atomic mass is 79.9. The summed E-state index contributed by atoms with van der Waals surface area (Å²) in [4.78, 5) is 29.6. The van der Waals surface area contributed by atoms with E-state index in [0.29, 0.717) is 27.2 Å². The number of aromatic nitrogens is 2. The smallest absolute Gasteiger partial charge is 0.215 e. The van der Waals surface area contributed by atoms with Crippen LogP contribution in [-0.2, 0) is 4.79 Å². The number of ketones is 1. The van der Waals surface area contributed by atoms with E-state index in [1.54, 1.807) is 19.2 Å². The Balaban J connectivity index is 0.000000325. The van der Waals surface area contributed by atoms with Crippen molar-refractivity contribution in [3.63, 3.8) is 0 Å². The van der Waals surface area contributed by atoms with Crippen LogP contribution in [0.3, 0.4) is 0 Å². The van der Waals surface area contributed by atoms with E-state index in [0.717, 1.165) is 12.0 Å². The van der Waals surface area contributed by atoms with Gasteiger partial charge in [-0.05, 0) is 67.9 Å². The fourth-order valence-corrected chi connectivity index (χ4v) is 2.95. The van der Waals surface area contributed by atoms with E-state index < -0.39 is 0 Å². The number of halogens is 2. The molecule has 2 N–H and O–H groups in total. The molecule has 0 saturated carbocycles. The highest BCUT2D eigenvalue weighted by Gasteiger charge is 2.18. The van der Waals surface area contributed by atoms with Gasteiger partial charge in [0, 0.05) is 34.5 Å². The maximum atomic E-state index is 12.4. The Bertz CT molecular complexity index is 1080. The van der Waals surface area contributed by atoms with E-state index in [1.807, 2.05) is 38.4 Å². The molecule has 0 atom stereocenters. The molecule has 0 aliphatic rings. The number of benzene rings is 1. The Labute approximate surface area is 213 Å². The molecule has 3 rings (SSSR count). The zero-order valence-electron chi connectivity index (χ0n) is 19.8. The van der Waals surface area contributed by atoms with Gasteiger partial charge in [0.05, 0.1) is 16.8 Å². The molecule has 0 fully saturated rings. The van der Waals surface area contributed by atoms with Gasteiger partial charge in [-0.2, -0.15) is 0 Å². The van der Waals surface area contributed by atoms with Crippen molar-refractivity contribution >= 4 is 45.3 Å². The number of aldehydes is 1. The highest BCUT2D eigenvalue weighted by molar-refractivity contribution is 9.10. The van der Waals surface area contributed by atoms with Gasteiger partial charge in [0.15, 0.2) is 0 Å². The van der Waals surface area contributed by atoms with E-state index in [2.05, 4.69) is 45.0 Å². The van der Waals surface area contributed by atoms with Gasteiger partial charge in [0.25, 0.3) is 0 Å². The molecule has 0 bridgehead atoms. The summed E-state index contributed by atoms with van der Waals surface area (Å²) in [5.41, 5.74) is 4.40. The number of nitrogens with one attached hydrogen (secondary N) is 1. The Morgan fingerprint density at radius 2 is 1.79 bits per heavy atom. The van der Waals surface area contributed by atoms with Crippen LogP contribution in [0, 0.1) is 13.8 Å². The summed E-state index contributed by atoms with van der Waals surface area (Å²) in [6.07, 6.45) is 4.72. The topological polar surface area (TPSA) is 101 Å². The van der Waals surface area contributed by atoms with E-state index in [-0.39, 0.29) is 23.3 Å². The molecule has 7 nitrogen and oxygen atoms in total. The van der Waals surface area contributed by atoms with Crippen LogP contribution in [0.5, 0.6) is 5.75 Å². The van der Waals surface area contributed by atoms with Crippen molar-refractivity contribution < 1.29 is 19.5 Å². The second-order valence-corrected chi connectivity index (χ2v) is 8.68. The molecule has 182 valence electrons. The van der Waals surface area contributed by atoms with Gasteiger partial charge in [0.1, 0.15) is 17.7 Å². The van der Waals surface area contributed by atoms with E-state index >= 15 is 0 Å². The average Bonchev–Trinajstić information content (AvgIpc) is 2.82. The first-order valence-electron chi connectivity index (χ1n) is 10.5. The van der Waals surface area contributed by atoms with Crippen molar-refractivity contribution in [3.8, 4) is 5.75 Å². The third kappa shape index (κ3) is 9.99. The van der Waals surface area contributed by atoms with Gasteiger partial charge in [0.2, 0.25) is 5.78 Å². The maximum Gasteiger partial charge on any atom is 0.215 e. The molecule has 2 aromatic heterocycles. The van der Waals surface area contributed by atoms with Gasteiger partial charge in [-0.15, -0.1) is 0 Å². The molecule has 3 aromatic rings. The van der Waals surface area contributed by atoms with Gasteiger partial charge < -0.3 is 9.53 Å². The molecule has 2 heterocycles. The van der Waals surface area contributed by atoms with Crippen molar-refractivity contribution in [3.05, 3.63) is 80.8 Å². The normalized spacial score (nSPS) is 9.79. The molecule has 0 amide bonds. The standard InChI is InChI=1S/C12H9BrClN3O2.C10H14O.C3H6O/c1-6-9(2-7(13)4-15-6)12(18)11-10(17-19)3-8(14)5-16-11;1-8(2)11-10-6-4-9(3)5-7-10;1-2-3-4/h2-5,17,19H,1H3;4-8H,1-3H3;3H,2H2,1H3. The van der Waals surface area contributed by atoms with E-state index in [9.17, 15) is 9.59 Å². The minimum absolute atomic E-state index is 0.0786. The van der Waals surface area contributed by atoms with Crippen LogP contribution < -0.4 is 10.2 Å². The highest BCUT2D eigenvalue weighted by Crippen LogP contribution is 2.23. The summed E-state index contributed by atoms with van der Waals surface area (Å²) in [5.74, 6) is 0.602. The van der Waals surface area contributed by atoms with Crippen LogP contribution in [-0.4, -0.2) is 33.3 Å².